The Bertz CT molecular complexity index is 355. The second-order valence-electron chi connectivity index (χ2n) is 3.52. The van der Waals surface area contributed by atoms with E-state index in [2.05, 4.69) is 5.32 Å². The molecule has 1 rings (SSSR count). The summed E-state index contributed by atoms with van der Waals surface area (Å²) in [5, 5.41) is 12.0. The first-order chi connectivity index (χ1) is 7.62. The number of methoxy groups -OCH3 is 2. The summed E-state index contributed by atoms with van der Waals surface area (Å²) >= 11 is 0. The highest BCUT2D eigenvalue weighted by Crippen LogP contribution is 2.34. The van der Waals surface area contributed by atoms with Gasteiger partial charge in [-0.1, -0.05) is 0 Å². The molecule has 4 N–H and O–H groups in total. The Kier molecular flexibility index (Phi) is 4.25. The molecular weight excluding hydrogens is 208 g/mol. The van der Waals surface area contributed by atoms with Crippen LogP contribution in [0.15, 0.2) is 12.1 Å². The van der Waals surface area contributed by atoms with Crippen molar-refractivity contribution in [3.63, 3.8) is 0 Å². The van der Waals surface area contributed by atoms with E-state index in [0.717, 1.165) is 5.69 Å². The molecule has 0 aliphatic heterocycles. The molecule has 0 amide bonds. The molecule has 0 aliphatic carbocycles. The van der Waals surface area contributed by atoms with E-state index in [0.29, 0.717) is 17.2 Å². The topological polar surface area (TPSA) is 76.7 Å². The monoisotopic (exact) mass is 226 g/mol. The van der Waals surface area contributed by atoms with E-state index < -0.39 is 0 Å². The highest BCUT2D eigenvalue weighted by atomic mass is 16.5. The molecule has 5 heteroatoms. The lowest BCUT2D eigenvalue weighted by atomic mass is 10.2. The van der Waals surface area contributed by atoms with Gasteiger partial charge in [-0.05, 0) is 6.92 Å². The van der Waals surface area contributed by atoms with E-state index in [1.807, 2.05) is 6.92 Å². The minimum absolute atomic E-state index is 0.0355. The highest BCUT2D eigenvalue weighted by Gasteiger charge is 2.10. The molecule has 16 heavy (non-hydrogen) atoms. The Morgan fingerprint density at radius 2 is 1.88 bits per heavy atom. The van der Waals surface area contributed by atoms with Crippen molar-refractivity contribution < 1.29 is 14.6 Å². The molecule has 0 saturated carbocycles. The van der Waals surface area contributed by atoms with Crippen molar-refractivity contribution in [3.8, 4) is 11.5 Å². The largest absolute Gasteiger partial charge is 0.493 e. The smallest absolute Gasteiger partial charge is 0.162 e. The fraction of sp³-hybridized carbons (Fsp3) is 0.455. The number of aliphatic hydroxyl groups is 1. The molecule has 1 atom stereocenters. The van der Waals surface area contributed by atoms with E-state index >= 15 is 0 Å². The van der Waals surface area contributed by atoms with E-state index in [1.165, 1.54) is 0 Å². The third-order valence-electron chi connectivity index (χ3n) is 2.23. The quantitative estimate of drug-likeness (QED) is 0.655. The van der Waals surface area contributed by atoms with Crippen LogP contribution in [0.25, 0.3) is 0 Å². The molecule has 0 spiro atoms. The van der Waals surface area contributed by atoms with Crippen LogP contribution < -0.4 is 20.5 Å². The number of nitrogen functional groups attached to an aromatic ring is 1. The number of anilines is 2. The van der Waals surface area contributed by atoms with Crippen molar-refractivity contribution >= 4 is 11.4 Å². The second-order valence-corrected chi connectivity index (χ2v) is 3.52. The molecule has 0 fully saturated rings. The van der Waals surface area contributed by atoms with Crippen molar-refractivity contribution in [2.75, 3.05) is 31.9 Å². The predicted molar refractivity (Wildman–Crippen MR) is 64.1 cm³/mol. The van der Waals surface area contributed by atoms with Crippen LogP contribution in [0.5, 0.6) is 11.5 Å². The molecule has 0 heterocycles. The Labute approximate surface area is 95.2 Å². The fourth-order valence-electron chi connectivity index (χ4n) is 1.33. The van der Waals surface area contributed by atoms with Gasteiger partial charge < -0.3 is 25.6 Å². The Balaban J connectivity index is 3.01. The number of nitrogens with two attached hydrogens (primary N) is 1. The maximum absolute atomic E-state index is 8.95. The van der Waals surface area contributed by atoms with Crippen molar-refractivity contribution in [2.45, 2.75) is 13.0 Å². The molecular formula is C11H18N2O3. The molecule has 1 unspecified atom stereocenters. The zero-order valence-electron chi connectivity index (χ0n) is 9.78. The summed E-state index contributed by atoms with van der Waals surface area (Å²) in [6, 6.07) is 3.37. The van der Waals surface area contributed by atoms with Gasteiger partial charge in [-0.15, -0.1) is 0 Å². The Morgan fingerprint density at radius 3 is 2.38 bits per heavy atom. The summed E-state index contributed by atoms with van der Waals surface area (Å²) in [6.07, 6.45) is 0. The standard InChI is InChI=1S/C11H18N2O3/c1-7(6-14)13-9-5-11(16-3)10(15-2)4-8(9)12/h4-5,7,13-14H,6,12H2,1-3H3. The molecule has 0 bridgehead atoms. The lowest BCUT2D eigenvalue weighted by Gasteiger charge is -2.17. The minimum atomic E-state index is -0.0691. The van der Waals surface area contributed by atoms with Gasteiger partial charge in [-0.3, -0.25) is 0 Å². The number of ether oxygens (including phenoxy) is 2. The molecule has 0 aliphatic rings. The lowest BCUT2D eigenvalue weighted by Crippen LogP contribution is -2.20. The Hall–Kier alpha value is -1.62. The SMILES string of the molecule is COc1cc(N)c(NC(C)CO)cc1OC. The van der Waals surface area contributed by atoms with Crippen LogP contribution >= 0.6 is 0 Å². The fourth-order valence-corrected chi connectivity index (χ4v) is 1.33. The average molecular weight is 226 g/mol. The van der Waals surface area contributed by atoms with Crippen LogP contribution in [-0.4, -0.2) is 32.0 Å². The summed E-state index contributed by atoms with van der Waals surface area (Å²) in [4.78, 5) is 0. The van der Waals surface area contributed by atoms with Gasteiger partial charge in [-0.2, -0.15) is 0 Å². The second kappa shape index (κ2) is 5.46. The maximum atomic E-state index is 8.95. The molecule has 0 aromatic heterocycles. The first-order valence-electron chi connectivity index (χ1n) is 5.01. The average Bonchev–Trinajstić information content (AvgIpc) is 2.30. The lowest BCUT2D eigenvalue weighted by molar-refractivity contribution is 0.281. The number of rotatable bonds is 5. The van der Waals surface area contributed by atoms with Gasteiger partial charge in [0.05, 0.1) is 32.2 Å². The van der Waals surface area contributed by atoms with E-state index in [-0.39, 0.29) is 12.6 Å². The van der Waals surface area contributed by atoms with Gasteiger partial charge in [0.15, 0.2) is 11.5 Å². The molecule has 0 radical (unpaired) electrons. The summed E-state index contributed by atoms with van der Waals surface area (Å²) < 4.78 is 10.3. The van der Waals surface area contributed by atoms with Gasteiger partial charge in [0.2, 0.25) is 0 Å². The third-order valence-corrected chi connectivity index (χ3v) is 2.23. The summed E-state index contributed by atoms with van der Waals surface area (Å²) in [5.74, 6) is 1.19. The Morgan fingerprint density at radius 1 is 1.31 bits per heavy atom. The van der Waals surface area contributed by atoms with Gasteiger partial charge >= 0.3 is 0 Å². The number of benzene rings is 1. The van der Waals surface area contributed by atoms with Crippen LogP contribution in [0.4, 0.5) is 11.4 Å². The van der Waals surface area contributed by atoms with Crippen molar-refractivity contribution in [3.05, 3.63) is 12.1 Å². The van der Waals surface area contributed by atoms with E-state index in [4.69, 9.17) is 20.3 Å². The molecule has 1 aromatic rings. The minimum Gasteiger partial charge on any atom is -0.493 e. The predicted octanol–water partition coefficient (Wildman–Crippen LogP) is 1.08. The normalized spacial score (nSPS) is 12.0. The third kappa shape index (κ3) is 2.70. The molecule has 90 valence electrons. The van der Waals surface area contributed by atoms with Gasteiger partial charge in [0.1, 0.15) is 0 Å². The highest BCUT2D eigenvalue weighted by molar-refractivity contribution is 5.72. The summed E-state index contributed by atoms with van der Waals surface area (Å²) in [6.45, 7) is 1.89. The number of aliphatic hydroxyl groups excluding tert-OH is 1. The van der Waals surface area contributed by atoms with Crippen LogP contribution in [0, 0.1) is 0 Å². The number of nitrogens with one attached hydrogen (secondary N) is 1. The van der Waals surface area contributed by atoms with E-state index in [9.17, 15) is 0 Å². The number of hydrogen-bond acceptors (Lipinski definition) is 5. The maximum Gasteiger partial charge on any atom is 0.162 e. The van der Waals surface area contributed by atoms with Gasteiger partial charge in [0, 0.05) is 18.2 Å². The molecule has 5 nitrogen and oxygen atoms in total. The van der Waals surface area contributed by atoms with Crippen molar-refractivity contribution in [1.82, 2.24) is 0 Å². The van der Waals surface area contributed by atoms with Crippen LogP contribution in [0.2, 0.25) is 0 Å². The summed E-state index contributed by atoms with van der Waals surface area (Å²) in [7, 11) is 3.12. The van der Waals surface area contributed by atoms with Crippen molar-refractivity contribution in [1.29, 1.82) is 0 Å². The van der Waals surface area contributed by atoms with Crippen LogP contribution in [0.1, 0.15) is 6.92 Å². The van der Waals surface area contributed by atoms with E-state index in [1.54, 1.807) is 26.4 Å². The molecule has 0 saturated heterocycles. The zero-order chi connectivity index (χ0) is 12.1. The number of hydrogen-bond donors (Lipinski definition) is 3. The first kappa shape index (κ1) is 12.4. The first-order valence-corrected chi connectivity index (χ1v) is 5.01. The van der Waals surface area contributed by atoms with Crippen LogP contribution in [-0.2, 0) is 0 Å². The van der Waals surface area contributed by atoms with Crippen LogP contribution in [0.3, 0.4) is 0 Å². The zero-order valence-corrected chi connectivity index (χ0v) is 9.78. The molecule has 1 aromatic carbocycles. The summed E-state index contributed by atoms with van der Waals surface area (Å²) in [5.41, 5.74) is 7.12. The van der Waals surface area contributed by atoms with Gasteiger partial charge in [0.25, 0.3) is 0 Å². The van der Waals surface area contributed by atoms with Crippen molar-refractivity contribution in [2.24, 2.45) is 0 Å². The van der Waals surface area contributed by atoms with Gasteiger partial charge in [-0.25, -0.2) is 0 Å².